The molecule has 2 aliphatic carbocycles. The van der Waals surface area contributed by atoms with E-state index in [1.807, 2.05) is 24.3 Å². The highest BCUT2D eigenvalue weighted by Crippen LogP contribution is 2.40. The van der Waals surface area contributed by atoms with Crippen LogP contribution in [0.25, 0.3) is 6.08 Å². The Morgan fingerprint density at radius 1 is 0.818 bits per heavy atom. The Bertz CT molecular complexity index is 961. The van der Waals surface area contributed by atoms with Crippen LogP contribution in [0.3, 0.4) is 0 Å². The number of hydrogen-bond acceptors (Lipinski definition) is 0. The third-order valence-electron chi connectivity index (χ3n) is 8.11. The minimum absolute atomic E-state index is 0.135. The Balaban J connectivity index is 1.35. The van der Waals surface area contributed by atoms with E-state index in [0.717, 1.165) is 62.8 Å². The maximum atomic E-state index is 14.9. The van der Waals surface area contributed by atoms with Crippen LogP contribution < -0.4 is 0 Å². The molecule has 33 heavy (non-hydrogen) atoms. The predicted octanol–water partition coefficient (Wildman–Crippen LogP) is 9.47. The largest absolute Gasteiger partial charge is 0.207 e. The molecule has 0 heterocycles. The quantitative estimate of drug-likeness (QED) is 0.408. The lowest BCUT2D eigenvalue weighted by molar-refractivity contribution is 0.303. The van der Waals surface area contributed by atoms with Crippen LogP contribution in [-0.4, -0.2) is 0 Å². The zero-order valence-corrected chi connectivity index (χ0v) is 20.1. The number of benzene rings is 2. The number of aryl methyl sites for hydroxylation is 1. The number of halogens is 3. The third kappa shape index (κ3) is 5.73. The van der Waals surface area contributed by atoms with Gasteiger partial charge in [-0.1, -0.05) is 56.2 Å². The average molecular weight is 455 g/mol. The van der Waals surface area contributed by atoms with Crippen molar-refractivity contribution in [2.45, 2.75) is 89.9 Å². The topological polar surface area (TPSA) is 0 Å². The highest BCUT2D eigenvalue weighted by Gasteiger charge is 2.26. The second-order valence-corrected chi connectivity index (χ2v) is 10.4. The maximum absolute atomic E-state index is 14.9. The minimum Gasteiger partial charge on any atom is -0.207 e. The standard InChI is InChI=1S/C30H37F3/c1-3-4-21-8-14-24(15-9-21)27-18-17-25(29(32)30(27)33)16-10-22-6-12-23(13-7-22)26-11-5-20(2)28(31)19-26/h5,10-11,16-19,21-24H,3-4,6-9,12-15H2,1-2H3. The van der Waals surface area contributed by atoms with Crippen LogP contribution in [-0.2, 0) is 0 Å². The molecule has 0 N–H and O–H groups in total. The lowest BCUT2D eigenvalue weighted by Gasteiger charge is -2.29. The van der Waals surface area contributed by atoms with Crippen LogP contribution in [0, 0.1) is 36.2 Å². The summed E-state index contributed by atoms with van der Waals surface area (Å²) in [6.07, 6.45) is 14.4. The summed E-state index contributed by atoms with van der Waals surface area (Å²) in [7, 11) is 0. The molecular weight excluding hydrogens is 417 g/mol. The molecule has 0 aromatic heterocycles. The molecular formula is C30H37F3. The van der Waals surface area contributed by atoms with Crippen LogP contribution in [0.1, 0.15) is 105 Å². The van der Waals surface area contributed by atoms with Gasteiger partial charge < -0.3 is 0 Å². The zero-order valence-electron chi connectivity index (χ0n) is 20.1. The molecule has 0 atom stereocenters. The van der Waals surface area contributed by atoms with Crippen molar-refractivity contribution in [2.24, 2.45) is 11.8 Å². The fourth-order valence-corrected chi connectivity index (χ4v) is 5.94. The third-order valence-corrected chi connectivity index (χ3v) is 8.11. The smallest absolute Gasteiger partial charge is 0.166 e. The van der Waals surface area contributed by atoms with E-state index in [9.17, 15) is 13.2 Å². The second-order valence-electron chi connectivity index (χ2n) is 10.4. The van der Waals surface area contributed by atoms with E-state index in [-0.39, 0.29) is 11.7 Å². The van der Waals surface area contributed by atoms with Gasteiger partial charge in [-0.15, -0.1) is 0 Å². The Hall–Kier alpha value is -2.03. The van der Waals surface area contributed by atoms with E-state index in [1.54, 1.807) is 25.1 Å². The van der Waals surface area contributed by atoms with Gasteiger partial charge in [0.15, 0.2) is 11.6 Å². The molecule has 2 saturated carbocycles. The minimum atomic E-state index is -0.705. The molecule has 4 rings (SSSR count). The number of rotatable bonds is 6. The Morgan fingerprint density at radius 3 is 2.18 bits per heavy atom. The fraction of sp³-hybridized carbons (Fsp3) is 0.533. The molecule has 0 aliphatic heterocycles. The van der Waals surface area contributed by atoms with E-state index < -0.39 is 11.6 Å². The molecule has 0 radical (unpaired) electrons. The molecule has 2 aromatic carbocycles. The first-order chi connectivity index (χ1) is 16.0. The normalized spacial score (nSPS) is 26.1. The fourth-order valence-electron chi connectivity index (χ4n) is 5.94. The first kappa shape index (κ1) is 24.1. The molecule has 3 heteroatoms. The molecule has 0 spiro atoms. The number of hydrogen-bond donors (Lipinski definition) is 0. The van der Waals surface area contributed by atoms with Crippen LogP contribution >= 0.6 is 0 Å². The van der Waals surface area contributed by atoms with Gasteiger partial charge in [0, 0.05) is 5.56 Å². The summed E-state index contributed by atoms with van der Waals surface area (Å²) in [5, 5.41) is 0. The summed E-state index contributed by atoms with van der Waals surface area (Å²) in [6, 6.07) is 9.13. The summed E-state index contributed by atoms with van der Waals surface area (Å²) in [5.41, 5.74) is 2.66. The van der Waals surface area contributed by atoms with Gasteiger partial charge in [0.05, 0.1) is 0 Å². The van der Waals surface area contributed by atoms with Crippen molar-refractivity contribution < 1.29 is 13.2 Å². The Kier molecular flexibility index (Phi) is 7.98. The predicted molar refractivity (Wildman–Crippen MR) is 131 cm³/mol. The van der Waals surface area contributed by atoms with Crippen LogP contribution in [0.5, 0.6) is 0 Å². The van der Waals surface area contributed by atoms with Gasteiger partial charge in [-0.25, -0.2) is 13.2 Å². The molecule has 2 fully saturated rings. The molecule has 0 nitrogen and oxygen atoms in total. The lowest BCUT2D eigenvalue weighted by Crippen LogP contribution is -2.15. The maximum Gasteiger partial charge on any atom is 0.166 e. The Morgan fingerprint density at radius 2 is 1.52 bits per heavy atom. The van der Waals surface area contributed by atoms with Gasteiger partial charge in [-0.3, -0.25) is 0 Å². The van der Waals surface area contributed by atoms with Crippen molar-refractivity contribution in [1.29, 1.82) is 0 Å². The van der Waals surface area contributed by atoms with E-state index in [2.05, 4.69) is 6.92 Å². The van der Waals surface area contributed by atoms with Gasteiger partial charge >= 0.3 is 0 Å². The SMILES string of the molecule is CCCC1CCC(c2ccc(C=CC3CCC(c4ccc(C)c(F)c4)CC3)c(F)c2F)CC1. The van der Waals surface area contributed by atoms with E-state index >= 15 is 0 Å². The molecule has 2 aromatic rings. The van der Waals surface area contributed by atoms with Gasteiger partial charge in [-0.2, -0.15) is 0 Å². The van der Waals surface area contributed by atoms with E-state index in [0.29, 0.717) is 28.5 Å². The summed E-state index contributed by atoms with van der Waals surface area (Å²) in [6.45, 7) is 4.00. The van der Waals surface area contributed by atoms with Crippen molar-refractivity contribution in [3.63, 3.8) is 0 Å². The second kappa shape index (κ2) is 10.9. The summed E-state index contributed by atoms with van der Waals surface area (Å²) >= 11 is 0. The highest BCUT2D eigenvalue weighted by atomic mass is 19.2. The molecule has 0 bridgehead atoms. The monoisotopic (exact) mass is 454 g/mol. The summed E-state index contributed by atoms with van der Waals surface area (Å²) < 4.78 is 43.7. The zero-order chi connectivity index (χ0) is 23.4. The lowest BCUT2D eigenvalue weighted by atomic mass is 9.77. The molecule has 0 amide bonds. The van der Waals surface area contributed by atoms with Gasteiger partial charge in [0.25, 0.3) is 0 Å². The van der Waals surface area contributed by atoms with Gasteiger partial charge in [0.2, 0.25) is 0 Å². The van der Waals surface area contributed by atoms with Crippen LogP contribution in [0.15, 0.2) is 36.4 Å². The van der Waals surface area contributed by atoms with Gasteiger partial charge in [0.1, 0.15) is 5.82 Å². The molecule has 178 valence electrons. The van der Waals surface area contributed by atoms with E-state index in [4.69, 9.17) is 0 Å². The van der Waals surface area contributed by atoms with Crippen molar-refractivity contribution in [3.05, 3.63) is 76.1 Å². The van der Waals surface area contributed by atoms with Gasteiger partial charge in [-0.05, 0) is 105 Å². The highest BCUT2D eigenvalue weighted by molar-refractivity contribution is 5.52. The molecule has 2 aliphatic rings. The van der Waals surface area contributed by atoms with Crippen LogP contribution in [0.2, 0.25) is 0 Å². The average Bonchev–Trinajstić information content (AvgIpc) is 2.83. The molecule has 0 saturated heterocycles. The van der Waals surface area contributed by atoms with E-state index in [1.165, 1.54) is 12.8 Å². The number of allylic oxidation sites excluding steroid dienone is 1. The summed E-state index contributed by atoms with van der Waals surface area (Å²) in [4.78, 5) is 0. The van der Waals surface area contributed by atoms with Crippen molar-refractivity contribution in [1.82, 2.24) is 0 Å². The van der Waals surface area contributed by atoms with Crippen LogP contribution in [0.4, 0.5) is 13.2 Å². The first-order valence-corrected chi connectivity index (χ1v) is 12.9. The van der Waals surface area contributed by atoms with Crippen molar-refractivity contribution in [2.75, 3.05) is 0 Å². The van der Waals surface area contributed by atoms with Crippen molar-refractivity contribution >= 4 is 6.08 Å². The Labute approximate surface area is 197 Å². The van der Waals surface area contributed by atoms with Crippen molar-refractivity contribution in [3.8, 4) is 0 Å². The summed E-state index contributed by atoms with van der Waals surface area (Å²) in [5.74, 6) is 0.140. The first-order valence-electron chi connectivity index (χ1n) is 12.9. The molecule has 0 unspecified atom stereocenters.